The van der Waals surface area contributed by atoms with Crippen LogP contribution >= 0.6 is 24.0 Å². The average Bonchev–Trinajstić information content (AvgIpc) is 2.80. The number of likely N-dealkylation sites (tertiary alicyclic amines) is 1. The van der Waals surface area contributed by atoms with Crippen LogP contribution in [0.2, 0.25) is 0 Å². The van der Waals surface area contributed by atoms with Gasteiger partial charge in [-0.1, -0.05) is 6.07 Å². The van der Waals surface area contributed by atoms with E-state index in [-0.39, 0.29) is 41.9 Å². The van der Waals surface area contributed by atoms with Crippen molar-refractivity contribution in [2.75, 3.05) is 26.2 Å². The lowest BCUT2D eigenvalue weighted by atomic mass is 10.1. The number of hydrogen-bond donors (Lipinski definition) is 2. The van der Waals surface area contributed by atoms with Crippen LogP contribution in [-0.2, 0) is 11.3 Å². The van der Waals surface area contributed by atoms with Crippen LogP contribution in [0, 0.1) is 5.82 Å². The first-order valence-electron chi connectivity index (χ1n) is 10.9. The molecule has 1 aliphatic rings. The number of nitrogens with one attached hydrogen (secondary N) is 2. The summed E-state index contributed by atoms with van der Waals surface area (Å²) in [6, 6.07) is 8.46. The molecule has 0 unspecified atom stereocenters. The predicted molar refractivity (Wildman–Crippen MR) is 136 cm³/mol. The van der Waals surface area contributed by atoms with Gasteiger partial charge in [-0.2, -0.15) is 0 Å². The number of benzene rings is 1. The van der Waals surface area contributed by atoms with Gasteiger partial charge in [-0.3, -0.25) is 4.98 Å². The predicted octanol–water partition coefficient (Wildman–Crippen LogP) is 4.31. The molecule has 2 N–H and O–H groups in total. The Kier molecular flexibility index (Phi) is 11.1. The zero-order valence-corrected chi connectivity index (χ0v) is 21.3. The van der Waals surface area contributed by atoms with Gasteiger partial charge in [-0.25, -0.2) is 14.2 Å². The van der Waals surface area contributed by atoms with Crippen molar-refractivity contribution in [2.24, 2.45) is 4.99 Å². The van der Waals surface area contributed by atoms with Gasteiger partial charge in [0.2, 0.25) is 0 Å². The first-order chi connectivity index (χ1) is 15.6. The van der Waals surface area contributed by atoms with Gasteiger partial charge in [0, 0.05) is 31.9 Å². The standard InChI is InChI=1S/C23H30FN5O3.HI/c1-3-26-22(28-18-9-12-29(13-10-18)23(30)31-4-2)27-15-17-7-8-21(20(24)14-17)32-19-6-5-11-25-16-19;/h5-8,11,14,16,18H,3-4,9-10,12-13,15H2,1-2H3,(H2,26,27,28);1H. The topological polar surface area (TPSA) is 88.1 Å². The summed E-state index contributed by atoms with van der Waals surface area (Å²) in [6.07, 6.45) is 4.51. The Hall–Kier alpha value is -2.63. The normalized spacial score (nSPS) is 14.3. The van der Waals surface area contributed by atoms with E-state index >= 15 is 0 Å². The summed E-state index contributed by atoms with van der Waals surface area (Å²) < 4.78 is 25.1. The molecule has 8 nitrogen and oxygen atoms in total. The van der Waals surface area contributed by atoms with Gasteiger partial charge in [0.25, 0.3) is 0 Å². The van der Waals surface area contributed by atoms with Gasteiger partial charge >= 0.3 is 6.09 Å². The fraction of sp³-hybridized carbons (Fsp3) is 0.435. The van der Waals surface area contributed by atoms with Gasteiger partial charge in [-0.15, -0.1) is 24.0 Å². The molecular weight excluding hydrogens is 540 g/mol. The van der Waals surface area contributed by atoms with Crippen LogP contribution in [0.15, 0.2) is 47.7 Å². The Morgan fingerprint density at radius 1 is 1.27 bits per heavy atom. The third-order valence-corrected chi connectivity index (χ3v) is 4.98. The number of amides is 1. The van der Waals surface area contributed by atoms with Gasteiger partial charge in [-0.05, 0) is 56.5 Å². The maximum Gasteiger partial charge on any atom is 0.409 e. The van der Waals surface area contributed by atoms with Gasteiger partial charge < -0.3 is 25.0 Å². The molecule has 1 saturated heterocycles. The monoisotopic (exact) mass is 571 g/mol. The lowest BCUT2D eigenvalue weighted by Crippen LogP contribution is -2.49. The molecule has 0 spiro atoms. The largest absolute Gasteiger partial charge is 0.453 e. The van der Waals surface area contributed by atoms with Crippen molar-refractivity contribution < 1.29 is 18.7 Å². The average molecular weight is 571 g/mol. The molecule has 0 radical (unpaired) electrons. The minimum Gasteiger partial charge on any atom is -0.453 e. The molecule has 0 saturated carbocycles. The van der Waals surface area contributed by atoms with Gasteiger partial charge in [0.05, 0.1) is 19.3 Å². The molecule has 2 heterocycles. The molecule has 0 atom stereocenters. The number of carbonyl (C=O) groups is 1. The number of hydrogen-bond acceptors (Lipinski definition) is 5. The summed E-state index contributed by atoms with van der Waals surface area (Å²) in [7, 11) is 0. The molecule has 1 fully saturated rings. The second kappa shape index (κ2) is 13.8. The number of aliphatic imine (C=N–C) groups is 1. The first-order valence-corrected chi connectivity index (χ1v) is 10.9. The zero-order valence-electron chi connectivity index (χ0n) is 18.9. The number of aromatic nitrogens is 1. The minimum absolute atomic E-state index is 0. The molecule has 180 valence electrons. The summed E-state index contributed by atoms with van der Waals surface area (Å²) in [6.45, 7) is 6.48. The molecule has 0 bridgehead atoms. The van der Waals surface area contributed by atoms with Crippen molar-refractivity contribution in [2.45, 2.75) is 39.3 Å². The van der Waals surface area contributed by atoms with Crippen molar-refractivity contribution in [3.05, 3.63) is 54.1 Å². The van der Waals surface area contributed by atoms with Gasteiger partial charge in [0.15, 0.2) is 17.5 Å². The number of piperidine rings is 1. The second-order valence-electron chi connectivity index (χ2n) is 7.36. The summed E-state index contributed by atoms with van der Waals surface area (Å²) in [4.78, 5) is 22.1. The van der Waals surface area contributed by atoms with Crippen molar-refractivity contribution in [3.8, 4) is 11.5 Å². The van der Waals surface area contributed by atoms with Crippen LogP contribution in [-0.4, -0.2) is 54.2 Å². The Morgan fingerprint density at radius 2 is 2.06 bits per heavy atom. The Morgan fingerprint density at radius 3 is 2.70 bits per heavy atom. The summed E-state index contributed by atoms with van der Waals surface area (Å²) in [5, 5.41) is 6.63. The van der Waals surface area contributed by atoms with Crippen molar-refractivity contribution >= 4 is 36.0 Å². The van der Waals surface area contributed by atoms with Crippen molar-refractivity contribution in [1.82, 2.24) is 20.5 Å². The lowest BCUT2D eigenvalue weighted by Gasteiger charge is -2.32. The second-order valence-corrected chi connectivity index (χ2v) is 7.36. The number of halogens is 2. The molecule has 3 rings (SSSR count). The highest BCUT2D eigenvalue weighted by Crippen LogP contribution is 2.24. The lowest BCUT2D eigenvalue weighted by molar-refractivity contribution is 0.0963. The molecule has 1 aromatic carbocycles. The fourth-order valence-electron chi connectivity index (χ4n) is 3.36. The Balaban J connectivity index is 0.00000385. The van der Waals surface area contributed by atoms with Crippen LogP contribution in [0.4, 0.5) is 9.18 Å². The maximum absolute atomic E-state index is 14.5. The molecule has 1 amide bonds. The fourth-order valence-corrected chi connectivity index (χ4v) is 3.36. The van der Waals surface area contributed by atoms with E-state index in [1.54, 1.807) is 42.3 Å². The van der Waals surface area contributed by atoms with E-state index < -0.39 is 5.82 Å². The molecule has 0 aliphatic carbocycles. The van der Waals surface area contributed by atoms with E-state index in [4.69, 9.17) is 9.47 Å². The molecule has 33 heavy (non-hydrogen) atoms. The third kappa shape index (κ3) is 8.34. The van der Waals surface area contributed by atoms with E-state index in [1.165, 1.54) is 12.3 Å². The molecule has 1 aromatic heterocycles. The maximum atomic E-state index is 14.5. The summed E-state index contributed by atoms with van der Waals surface area (Å²) in [5.74, 6) is 0.831. The van der Waals surface area contributed by atoms with E-state index in [9.17, 15) is 9.18 Å². The van der Waals surface area contributed by atoms with Crippen LogP contribution in [0.25, 0.3) is 0 Å². The Labute approximate surface area is 211 Å². The van der Waals surface area contributed by atoms with E-state index in [0.717, 1.165) is 18.4 Å². The van der Waals surface area contributed by atoms with E-state index in [1.807, 2.05) is 6.92 Å². The van der Waals surface area contributed by atoms with Crippen LogP contribution in [0.3, 0.4) is 0 Å². The number of nitrogens with zero attached hydrogens (tertiary/aromatic N) is 3. The molecular formula is C23H31FIN5O3. The number of guanidine groups is 1. The number of rotatable bonds is 7. The van der Waals surface area contributed by atoms with Crippen LogP contribution < -0.4 is 15.4 Å². The zero-order chi connectivity index (χ0) is 22.8. The number of ether oxygens (including phenoxy) is 2. The highest BCUT2D eigenvalue weighted by Gasteiger charge is 2.24. The van der Waals surface area contributed by atoms with Crippen LogP contribution in [0.1, 0.15) is 32.3 Å². The van der Waals surface area contributed by atoms with Crippen molar-refractivity contribution in [1.29, 1.82) is 0 Å². The van der Waals surface area contributed by atoms with E-state index in [2.05, 4.69) is 20.6 Å². The Bertz CT molecular complexity index is 908. The van der Waals surface area contributed by atoms with Crippen LogP contribution in [0.5, 0.6) is 11.5 Å². The minimum atomic E-state index is -0.453. The highest BCUT2D eigenvalue weighted by atomic mass is 127. The van der Waals surface area contributed by atoms with Gasteiger partial charge in [0.1, 0.15) is 5.75 Å². The summed E-state index contributed by atoms with van der Waals surface area (Å²) in [5.41, 5.74) is 0.732. The molecule has 10 heteroatoms. The summed E-state index contributed by atoms with van der Waals surface area (Å²) >= 11 is 0. The number of pyridine rings is 1. The molecule has 2 aromatic rings. The van der Waals surface area contributed by atoms with Crippen molar-refractivity contribution in [3.63, 3.8) is 0 Å². The molecule has 1 aliphatic heterocycles. The highest BCUT2D eigenvalue weighted by molar-refractivity contribution is 14.0. The SMILES string of the molecule is CCNC(=NCc1ccc(Oc2cccnc2)c(F)c1)NC1CCN(C(=O)OCC)CC1.I. The smallest absolute Gasteiger partial charge is 0.409 e. The quantitative estimate of drug-likeness (QED) is 0.293. The van der Waals surface area contributed by atoms with E-state index in [0.29, 0.717) is 44.5 Å². The third-order valence-electron chi connectivity index (χ3n) is 4.98. The number of carbonyl (C=O) groups excluding carboxylic acids is 1. The first kappa shape index (κ1) is 26.6.